The van der Waals surface area contributed by atoms with Gasteiger partial charge in [-0.3, -0.25) is 4.79 Å². The summed E-state index contributed by atoms with van der Waals surface area (Å²) in [5, 5.41) is 3.83. The number of benzene rings is 4. The molecule has 0 aliphatic carbocycles. The lowest BCUT2D eigenvalue weighted by Crippen LogP contribution is -2.32. The summed E-state index contributed by atoms with van der Waals surface area (Å²) in [5.41, 5.74) is 1.22. The van der Waals surface area contributed by atoms with Crippen LogP contribution in [0.2, 0.25) is 0 Å². The minimum Gasteiger partial charge on any atom is -0.497 e. The van der Waals surface area contributed by atoms with Crippen LogP contribution in [-0.2, 0) is 11.0 Å². The van der Waals surface area contributed by atoms with Crippen molar-refractivity contribution in [2.24, 2.45) is 0 Å². The quantitative estimate of drug-likeness (QED) is 0.227. The van der Waals surface area contributed by atoms with E-state index in [0.717, 1.165) is 11.9 Å². The van der Waals surface area contributed by atoms with E-state index in [1.807, 2.05) is 24.3 Å². The summed E-state index contributed by atoms with van der Waals surface area (Å²) >= 11 is 0. The molecule has 0 heterocycles. The monoisotopic (exact) mass is 441 g/mol. The van der Waals surface area contributed by atoms with E-state index in [1.165, 1.54) is 28.4 Å². The van der Waals surface area contributed by atoms with Crippen molar-refractivity contribution < 1.29 is 14.3 Å². The van der Waals surface area contributed by atoms with Gasteiger partial charge in [0.2, 0.25) is 0 Å². The Bertz CT molecular complexity index is 1130. The predicted molar refractivity (Wildman–Crippen MR) is 133 cm³/mol. The highest BCUT2D eigenvalue weighted by Crippen LogP contribution is 2.58. The molecule has 0 aliphatic rings. The maximum atomic E-state index is 11.4. The summed E-state index contributed by atoms with van der Waals surface area (Å²) < 4.78 is 10.8. The van der Waals surface area contributed by atoms with E-state index in [-0.39, 0.29) is 5.97 Å². The molecule has 0 N–H and O–H groups in total. The largest absolute Gasteiger partial charge is 0.497 e. The van der Waals surface area contributed by atoms with Crippen LogP contribution in [0.25, 0.3) is 0 Å². The summed E-state index contributed by atoms with van der Waals surface area (Å²) in [5.74, 6) is 1.09. The van der Waals surface area contributed by atoms with Gasteiger partial charge in [-0.15, -0.1) is 0 Å². The van der Waals surface area contributed by atoms with Crippen LogP contribution < -0.4 is 25.4 Å². The predicted octanol–water partition coefficient (Wildman–Crippen LogP) is 5.11. The van der Waals surface area contributed by atoms with Crippen LogP contribution in [0.4, 0.5) is 0 Å². The third kappa shape index (κ3) is 4.59. The number of carbonyl (C=O) groups is 1. The van der Waals surface area contributed by atoms with Crippen LogP contribution in [0.1, 0.15) is 12.5 Å². The molecule has 0 aliphatic heterocycles. The first-order valence-corrected chi connectivity index (χ1v) is 12.5. The highest BCUT2D eigenvalue weighted by atomic mass is 31.2. The van der Waals surface area contributed by atoms with Crippen LogP contribution in [0.3, 0.4) is 0 Å². The second kappa shape index (κ2) is 9.80. The Labute approximate surface area is 190 Å². The van der Waals surface area contributed by atoms with E-state index in [1.54, 1.807) is 7.11 Å². The average molecular weight is 441 g/mol. The molecule has 0 amide bonds. The van der Waals surface area contributed by atoms with Crippen molar-refractivity contribution in [2.45, 2.75) is 13.1 Å². The molecule has 0 saturated carbocycles. The number of ether oxygens (including phenoxy) is 2. The Morgan fingerprint density at radius 3 is 1.78 bits per heavy atom. The SMILES string of the molecule is COc1cccc(C[P+](c2ccccc2)(c2ccccc2)c2ccc(OC(C)=O)cc2)c1. The molecule has 0 saturated heterocycles. The lowest BCUT2D eigenvalue weighted by Gasteiger charge is -2.28. The van der Waals surface area contributed by atoms with Gasteiger partial charge in [0, 0.05) is 6.92 Å². The number of esters is 1. The van der Waals surface area contributed by atoms with Gasteiger partial charge in [-0.1, -0.05) is 48.5 Å². The van der Waals surface area contributed by atoms with Gasteiger partial charge < -0.3 is 9.47 Å². The lowest BCUT2D eigenvalue weighted by atomic mass is 10.2. The molecule has 0 radical (unpaired) electrons. The molecule has 0 atom stereocenters. The van der Waals surface area contributed by atoms with Gasteiger partial charge in [0.15, 0.2) is 0 Å². The highest BCUT2D eigenvalue weighted by Gasteiger charge is 2.45. The third-order valence-corrected chi connectivity index (χ3v) is 9.87. The van der Waals surface area contributed by atoms with Gasteiger partial charge in [0.05, 0.1) is 13.3 Å². The van der Waals surface area contributed by atoms with Gasteiger partial charge in [0.25, 0.3) is 0 Å². The van der Waals surface area contributed by atoms with Crippen LogP contribution in [0, 0.1) is 0 Å². The standard InChI is InChI=1S/C28H26O3P/c1-22(29)31-24-16-18-28(19-17-24)32(26-12-5-3-6-13-26,27-14-7-4-8-15-27)21-23-10-9-11-25(20-23)30-2/h3-20H,21H2,1-2H3/q+1. The van der Waals surface area contributed by atoms with Crippen molar-refractivity contribution in [1.29, 1.82) is 0 Å². The fraction of sp³-hybridized carbons (Fsp3) is 0.107. The Hall–Kier alpha value is -3.42. The molecular formula is C28H26O3P+. The van der Waals surface area contributed by atoms with Gasteiger partial charge in [-0.2, -0.15) is 0 Å². The summed E-state index contributed by atoms with van der Waals surface area (Å²) in [6, 6.07) is 37.7. The van der Waals surface area contributed by atoms with Crippen LogP contribution in [-0.4, -0.2) is 13.1 Å². The van der Waals surface area contributed by atoms with Gasteiger partial charge in [0.1, 0.15) is 34.7 Å². The van der Waals surface area contributed by atoms with Gasteiger partial charge in [-0.25, -0.2) is 0 Å². The zero-order valence-corrected chi connectivity index (χ0v) is 19.2. The number of carbonyl (C=O) groups excluding carboxylic acids is 1. The maximum absolute atomic E-state index is 11.4. The minimum absolute atomic E-state index is 0.318. The number of rotatable bonds is 7. The third-order valence-electron chi connectivity index (χ3n) is 5.49. The molecule has 0 fully saturated rings. The summed E-state index contributed by atoms with van der Waals surface area (Å²) in [7, 11) is -0.358. The van der Waals surface area contributed by atoms with Crippen molar-refractivity contribution in [3.63, 3.8) is 0 Å². The number of hydrogen-bond acceptors (Lipinski definition) is 3. The van der Waals surface area contributed by atoms with E-state index < -0.39 is 7.26 Å². The zero-order chi connectivity index (χ0) is 22.4. The maximum Gasteiger partial charge on any atom is 0.308 e. The first-order chi connectivity index (χ1) is 15.6. The van der Waals surface area contributed by atoms with Crippen molar-refractivity contribution in [3.8, 4) is 11.5 Å². The van der Waals surface area contributed by atoms with Crippen molar-refractivity contribution in [2.75, 3.05) is 7.11 Å². The van der Waals surface area contributed by atoms with Crippen LogP contribution in [0.15, 0.2) is 109 Å². The molecule has 0 spiro atoms. The molecule has 0 unspecified atom stereocenters. The molecule has 3 nitrogen and oxygen atoms in total. The second-order valence-electron chi connectivity index (χ2n) is 7.58. The molecule has 0 bridgehead atoms. The van der Waals surface area contributed by atoms with E-state index in [2.05, 4.69) is 84.9 Å². The fourth-order valence-corrected chi connectivity index (χ4v) is 8.27. The summed E-state index contributed by atoms with van der Waals surface area (Å²) in [6.07, 6.45) is 0.852. The molecule has 4 heteroatoms. The van der Waals surface area contributed by atoms with Crippen molar-refractivity contribution >= 4 is 29.1 Å². The smallest absolute Gasteiger partial charge is 0.308 e. The molecule has 160 valence electrons. The van der Waals surface area contributed by atoms with Crippen LogP contribution >= 0.6 is 7.26 Å². The Balaban J connectivity index is 1.93. The first kappa shape index (κ1) is 21.8. The van der Waals surface area contributed by atoms with Gasteiger partial charge >= 0.3 is 5.97 Å². The molecule has 4 aromatic rings. The van der Waals surface area contributed by atoms with E-state index in [0.29, 0.717) is 5.75 Å². The van der Waals surface area contributed by atoms with E-state index in [4.69, 9.17) is 9.47 Å². The Kier molecular flexibility index (Phi) is 6.68. The Morgan fingerprint density at radius 2 is 1.25 bits per heavy atom. The fourth-order valence-electron chi connectivity index (χ4n) is 4.07. The van der Waals surface area contributed by atoms with E-state index >= 15 is 0 Å². The van der Waals surface area contributed by atoms with E-state index in [9.17, 15) is 4.79 Å². The van der Waals surface area contributed by atoms with Crippen LogP contribution in [0.5, 0.6) is 11.5 Å². The topological polar surface area (TPSA) is 35.5 Å². The number of hydrogen-bond donors (Lipinski definition) is 0. The average Bonchev–Trinajstić information content (AvgIpc) is 2.84. The minimum atomic E-state index is -2.06. The number of methoxy groups -OCH3 is 1. The zero-order valence-electron chi connectivity index (χ0n) is 18.3. The van der Waals surface area contributed by atoms with Crippen molar-refractivity contribution in [1.82, 2.24) is 0 Å². The summed E-state index contributed by atoms with van der Waals surface area (Å²) in [6.45, 7) is 1.42. The molecular weight excluding hydrogens is 415 g/mol. The lowest BCUT2D eigenvalue weighted by molar-refractivity contribution is -0.131. The highest BCUT2D eigenvalue weighted by molar-refractivity contribution is 7.95. The second-order valence-corrected chi connectivity index (χ2v) is 11.1. The molecule has 32 heavy (non-hydrogen) atoms. The van der Waals surface area contributed by atoms with Gasteiger partial charge in [-0.05, 0) is 66.2 Å². The molecule has 0 aromatic heterocycles. The molecule has 4 aromatic carbocycles. The summed E-state index contributed by atoms with van der Waals surface area (Å²) in [4.78, 5) is 11.4. The first-order valence-electron chi connectivity index (χ1n) is 10.5. The van der Waals surface area contributed by atoms with Crippen molar-refractivity contribution in [3.05, 3.63) is 115 Å². The Morgan fingerprint density at radius 1 is 0.688 bits per heavy atom. The molecule has 4 rings (SSSR count). The normalized spacial score (nSPS) is 11.1.